The van der Waals surface area contributed by atoms with Gasteiger partial charge < -0.3 is 4.90 Å². The average molecular weight is 122 g/mol. The highest BCUT2D eigenvalue weighted by atomic mass is 15.1. The summed E-state index contributed by atoms with van der Waals surface area (Å²) < 4.78 is 0. The van der Waals surface area contributed by atoms with Crippen molar-refractivity contribution in [1.29, 1.82) is 0 Å². The maximum atomic E-state index is 4.10. The summed E-state index contributed by atoms with van der Waals surface area (Å²) in [5.74, 6) is 0. The quantitative estimate of drug-likeness (QED) is 0.474. The summed E-state index contributed by atoms with van der Waals surface area (Å²) in [5.41, 5.74) is 1.04. The molecule has 0 radical (unpaired) electrons. The second-order valence-electron chi connectivity index (χ2n) is 2.06. The lowest BCUT2D eigenvalue weighted by molar-refractivity contribution is 0.711. The molecule has 0 aliphatic carbocycles. The first-order valence-electron chi connectivity index (χ1n) is 2.90. The largest absolute Gasteiger partial charge is 0.342 e. The van der Waals surface area contributed by atoms with Gasteiger partial charge in [-0.1, -0.05) is 0 Å². The number of rotatable bonds is 0. The Morgan fingerprint density at radius 3 is 3.11 bits per heavy atom. The van der Waals surface area contributed by atoms with E-state index in [2.05, 4.69) is 4.99 Å². The Kier molecular flexibility index (Phi) is 1.68. The van der Waals surface area contributed by atoms with Crippen molar-refractivity contribution >= 4 is 6.34 Å². The zero-order valence-corrected chi connectivity index (χ0v) is 5.70. The van der Waals surface area contributed by atoms with Crippen LogP contribution in [0.5, 0.6) is 0 Å². The van der Waals surface area contributed by atoms with E-state index in [0.717, 1.165) is 5.70 Å². The first kappa shape index (κ1) is 6.08. The minimum atomic E-state index is 1.04. The molecule has 0 atom stereocenters. The molecule has 0 fully saturated rings. The summed E-state index contributed by atoms with van der Waals surface area (Å²) in [6, 6.07) is 0. The first-order valence-corrected chi connectivity index (χ1v) is 2.90. The molecule has 2 heteroatoms. The Morgan fingerprint density at radius 1 is 1.56 bits per heavy atom. The summed E-state index contributed by atoms with van der Waals surface area (Å²) in [6.45, 7) is 1.97. The van der Waals surface area contributed by atoms with E-state index in [-0.39, 0.29) is 0 Å². The molecule has 1 rings (SSSR count). The van der Waals surface area contributed by atoms with E-state index in [1.165, 1.54) is 0 Å². The predicted octanol–water partition coefficient (Wildman–Crippen LogP) is 1.38. The number of nitrogens with zero attached hydrogens (tertiary/aromatic N) is 2. The number of hydrogen-bond acceptors (Lipinski definition) is 2. The van der Waals surface area contributed by atoms with Crippen LogP contribution in [0.2, 0.25) is 0 Å². The standard InChI is InChI=1S/C7H10N2/c1-7-4-3-5-9(2)6-8-7/h3-6H,1-2H3. The van der Waals surface area contributed by atoms with Gasteiger partial charge in [0.1, 0.15) is 0 Å². The summed E-state index contributed by atoms with van der Waals surface area (Å²) in [7, 11) is 1.95. The average Bonchev–Trinajstić information content (AvgIpc) is 1.97. The fourth-order valence-electron chi connectivity index (χ4n) is 0.582. The molecular weight excluding hydrogens is 112 g/mol. The minimum absolute atomic E-state index is 1.04. The lowest BCUT2D eigenvalue weighted by Gasteiger charge is -2.01. The molecule has 48 valence electrons. The van der Waals surface area contributed by atoms with Crippen molar-refractivity contribution < 1.29 is 0 Å². The monoisotopic (exact) mass is 122 g/mol. The van der Waals surface area contributed by atoms with Gasteiger partial charge in [0.2, 0.25) is 0 Å². The molecule has 9 heavy (non-hydrogen) atoms. The van der Waals surface area contributed by atoms with Crippen LogP contribution in [0.25, 0.3) is 0 Å². The predicted molar refractivity (Wildman–Crippen MR) is 39.2 cm³/mol. The van der Waals surface area contributed by atoms with Crippen LogP contribution in [0.3, 0.4) is 0 Å². The fraction of sp³-hybridized carbons (Fsp3) is 0.286. The minimum Gasteiger partial charge on any atom is -0.342 e. The van der Waals surface area contributed by atoms with Crippen LogP contribution in [0.15, 0.2) is 29.0 Å². The Hall–Kier alpha value is -1.05. The van der Waals surface area contributed by atoms with E-state index in [1.54, 1.807) is 6.34 Å². The van der Waals surface area contributed by atoms with Crippen LogP contribution < -0.4 is 0 Å². The zero-order valence-electron chi connectivity index (χ0n) is 5.70. The van der Waals surface area contributed by atoms with Gasteiger partial charge >= 0.3 is 0 Å². The first-order chi connectivity index (χ1) is 4.29. The highest BCUT2D eigenvalue weighted by molar-refractivity contribution is 5.58. The molecule has 0 bridgehead atoms. The number of hydrogen-bond donors (Lipinski definition) is 0. The topological polar surface area (TPSA) is 15.6 Å². The van der Waals surface area contributed by atoms with Crippen molar-refractivity contribution in [2.24, 2.45) is 4.99 Å². The molecular formula is C7H10N2. The normalized spacial score (nSPS) is 17.6. The highest BCUT2D eigenvalue weighted by Gasteiger charge is 1.87. The van der Waals surface area contributed by atoms with Crippen molar-refractivity contribution in [3.63, 3.8) is 0 Å². The molecule has 0 N–H and O–H groups in total. The number of aliphatic imine (C=N–C) groups is 1. The summed E-state index contributed by atoms with van der Waals surface area (Å²) in [5, 5.41) is 0. The van der Waals surface area contributed by atoms with Gasteiger partial charge in [-0.2, -0.15) is 0 Å². The van der Waals surface area contributed by atoms with Crippen LogP contribution in [-0.4, -0.2) is 18.3 Å². The lowest BCUT2D eigenvalue weighted by atomic mass is 10.4. The fourth-order valence-corrected chi connectivity index (χ4v) is 0.582. The molecule has 1 aliphatic heterocycles. The van der Waals surface area contributed by atoms with Crippen LogP contribution in [0, 0.1) is 0 Å². The summed E-state index contributed by atoms with van der Waals surface area (Å²) >= 11 is 0. The third kappa shape index (κ3) is 1.72. The maximum absolute atomic E-state index is 4.10. The van der Waals surface area contributed by atoms with Gasteiger partial charge in [-0.25, -0.2) is 4.99 Å². The third-order valence-electron chi connectivity index (χ3n) is 1.10. The van der Waals surface area contributed by atoms with E-state index >= 15 is 0 Å². The second-order valence-corrected chi connectivity index (χ2v) is 2.06. The Labute approximate surface area is 55.2 Å². The molecule has 0 aromatic heterocycles. The molecule has 0 unspecified atom stereocenters. The van der Waals surface area contributed by atoms with E-state index in [0.29, 0.717) is 0 Å². The summed E-state index contributed by atoms with van der Waals surface area (Å²) in [6.07, 6.45) is 7.69. The van der Waals surface area contributed by atoms with E-state index in [9.17, 15) is 0 Å². The Bertz CT molecular complexity index is 177. The third-order valence-corrected chi connectivity index (χ3v) is 1.10. The van der Waals surface area contributed by atoms with Crippen LogP contribution in [0.4, 0.5) is 0 Å². The van der Waals surface area contributed by atoms with Crippen LogP contribution in [0.1, 0.15) is 6.92 Å². The molecule has 1 heterocycles. The molecule has 0 spiro atoms. The van der Waals surface area contributed by atoms with Crippen molar-refractivity contribution in [1.82, 2.24) is 4.90 Å². The Morgan fingerprint density at radius 2 is 2.33 bits per heavy atom. The van der Waals surface area contributed by atoms with Crippen molar-refractivity contribution in [2.75, 3.05) is 7.05 Å². The van der Waals surface area contributed by atoms with Crippen LogP contribution >= 0.6 is 0 Å². The zero-order chi connectivity index (χ0) is 6.69. The molecule has 0 aromatic rings. The number of allylic oxidation sites excluding steroid dienone is 3. The van der Waals surface area contributed by atoms with Crippen molar-refractivity contribution in [2.45, 2.75) is 6.92 Å². The van der Waals surface area contributed by atoms with E-state index in [4.69, 9.17) is 0 Å². The van der Waals surface area contributed by atoms with E-state index in [1.807, 2.05) is 37.2 Å². The van der Waals surface area contributed by atoms with Gasteiger partial charge in [0.05, 0.1) is 6.34 Å². The second kappa shape index (κ2) is 2.49. The SMILES string of the molecule is CC1=CC=CN(C)C=N1. The van der Waals surface area contributed by atoms with Gasteiger partial charge in [0.25, 0.3) is 0 Å². The molecule has 0 amide bonds. The van der Waals surface area contributed by atoms with Crippen LogP contribution in [-0.2, 0) is 0 Å². The van der Waals surface area contributed by atoms with E-state index < -0.39 is 0 Å². The lowest BCUT2D eigenvalue weighted by Crippen LogP contribution is -2.05. The smallest absolute Gasteiger partial charge is 0.0945 e. The Balaban J connectivity index is 2.75. The van der Waals surface area contributed by atoms with Gasteiger partial charge in [0.15, 0.2) is 0 Å². The van der Waals surface area contributed by atoms with Crippen molar-refractivity contribution in [3.8, 4) is 0 Å². The van der Waals surface area contributed by atoms with Crippen molar-refractivity contribution in [3.05, 3.63) is 24.0 Å². The molecule has 1 aliphatic rings. The molecule has 0 aromatic carbocycles. The van der Waals surface area contributed by atoms with Gasteiger partial charge in [-0.05, 0) is 19.1 Å². The maximum Gasteiger partial charge on any atom is 0.0945 e. The highest BCUT2D eigenvalue weighted by Crippen LogP contribution is 1.98. The van der Waals surface area contributed by atoms with Gasteiger partial charge in [-0.3, -0.25) is 0 Å². The molecule has 2 nitrogen and oxygen atoms in total. The summed E-state index contributed by atoms with van der Waals surface area (Å²) in [4.78, 5) is 6.01. The van der Waals surface area contributed by atoms with Gasteiger partial charge in [-0.15, -0.1) is 0 Å². The molecule has 0 saturated carbocycles. The van der Waals surface area contributed by atoms with Gasteiger partial charge in [0, 0.05) is 18.9 Å². The molecule has 0 saturated heterocycles.